The van der Waals surface area contributed by atoms with Gasteiger partial charge in [-0.25, -0.2) is 4.79 Å². The Morgan fingerprint density at radius 1 is 0.906 bits per heavy atom. The summed E-state index contributed by atoms with van der Waals surface area (Å²) in [7, 11) is 0. The van der Waals surface area contributed by atoms with Crippen LogP contribution in [0.15, 0.2) is 48.5 Å². The molecule has 1 aliphatic rings. The molecule has 0 aliphatic heterocycles. The first-order valence-corrected chi connectivity index (χ1v) is 10.8. The van der Waals surface area contributed by atoms with Gasteiger partial charge >= 0.3 is 12.1 Å². The molecule has 0 radical (unpaired) electrons. The lowest BCUT2D eigenvalue weighted by Crippen LogP contribution is -2.53. The molecule has 3 atom stereocenters. The molecule has 2 aromatic carbocycles. The zero-order chi connectivity index (χ0) is 23.4. The number of carboxylic acid groups (broad SMARTS) is 1. The molecule has 7 heteroatoms. The molecular weight excluding hydrogens is 408 g/mol. The van der Waals surface area contributed by atoms with E-state index < -0.39 is 36.0 Å². The minimum Gasteiger partial charge on any atom is -0.481 e. The summed E-state index contributed by atoms with van der Waals surface area (Å²) in [6.45, 7) is 6.91. The number of benzene rings is 2. The Balaban J connectivity index is 1.64. The van der Waals surface area contributed by atoms with E-state index in [2.05, 4.69) is 22.8 Å². The summed E-state index contributed by atoms with van der Waals surface area (Å²) in [6, 6.07) is 14.7. The largest absolute Gasteiger partial charge is 0.481 e. The van der Waals surface area contributed by atoms with Gasteiger partial charge < -0.3 is 20.5 Å². The molecule has 7 nitrogen and oxygen atoms in total. The van der Waals surface area contributed by atoms with E-state index in [1.807, 2.05) is 36.4 Å². The van der Waals surface area contributed by atoms with Crippen LogP contribution >= 0.6 is 0 Å². The van der Waals surface area contributed by atoms with Gasteiger partial charge in [-0.2, -0.15) is 0 Å². The molecule has 0 saturated heterocycles. The van der Waals surface area contributed by atoms with Crippen LogP contribution in [0, 0.1) is 11.8 Å². The van der Waals surface area contributed by atoms with Crippen LogP contribution in [-0.4, -0.2) is 41.8 Å². The summed E-state index contributed by atoms with van der Waals surface area (Å²) in [5, 5.41) is 14.5. The third-order valence-corrected chi connectivity index (χ3v) is 6.08. The Morgan fingerprint density at radius 2 is 1.44 bits per heavy atom. The Kier molecular flexibility index (Phi) is 7.18. The molecule has 0 bridgehead atoms. The van der Waals surface area contributed by atoms with Crippen LogP contribution in [-0.2, 0) is 14.3 Å². The van der Waals surface area contributed by atoms with Crippen LogP contribution in [0.3, 0.4) is 0 Å². The summed E-state index contributed by atoms with van der Waals surface area (Å²) < 4.78 is 5.54. The molecule has 0 spiro atoms. The van der Waals surface area contributed by atoms with Gasteiger partial charge in [0.25, 0.3) is 0 Å². The van der Waals surface area contributed by atoms with Crippen LogP contribution < -0.4 is 10.6 Å². The van der Waals surface area contributed by atoms with Crippen LogP contribution in [0.5, 0.6) is 0 Å². The third-order valence-electron chi connectivity index (χ3n) is 6.08. The fraction of sp³-hybridized carbons (Fsp3) is 0.400. The number of aliphatic carboxylic acids is 1. The summed E-state index contributed by atoms with van der Waals surface area (Å²) in [6.07, 6.45) is -0.681. The van der Waals surface area contributed by atoms with E-state index >= 15 is 0 Å². The Morgan fingerprint density at radius 3 is 1.94 bits per heavy atom. The smallest absolute Gasteiger partial charge is 0.407 e. The van der Waals surface area contributed by atoms with Crippen molar-refractivity contribution in [3.05, 3.63) is 59.7 Å². The monoisotopic (exact) mass is 438 g/mol. The molecule has 0 saturated carbocycles. The number of carbonyl (C=O) groups excluding carboxylic acids is 2. The van der Waals surface area contributed by atoms with Crippen molar-refractivity contribution in [1.82, 2.24) is 10.6 Å². The number of hydrogen-bond acceptors (Lipinski definition) is 4. The Hall–Kier alpha value is -3.35. The number of ether oxygens (including phenoxy) is 1. The lowest BCUT2D eigenvalue weighted by molar-refractivity contribution is -0.142. The first-order chi connectivity index (χ1) is 15.2. The van der Waals surface area contributed by atoms with Gasteiger partial charge in [0, 0.05) is 12.0 Å². The summed E-state index contributed by atoms with van der Waals surface area (Å²) in [5.41, 5.74) is 4.49. The van der Waals surface area contributed by atoms with Gasteiger partial charge in [-0.05, 0) is 42.0 Å². The van der Waals surface area contributed by atoms with Gasteiger partial charge in [-0.1, -0.05) is 62.4 Å². The van der Waals surface area contributed by atoms with Gasteiger partial charge in [0.05, 0.1) is 5.92 Å². The van der Waals surface area contributed by atoms with Gasteiger partial charge in [0.15, 0.2) is 0 Å². The van der Waals surface area contributed by atoms with E-state index in [1.54, 1.807) is 20.8 Å². The highest BCUT2D eigenvalue weighted by molar-refractivity contribution is 5.86. The molecule has 0 aromatic heterocycles. The summed E-state index contributed by atoms with van der Waals surface area (Å²) in [5.74, 6) is -2.46. The van der Waals surface area contributed by atoms with E-state index in [4.69, 9.17) is 9.84 Å². The van der Waals surface area contributed by atoms with Crippen molar-refractivity contribution in [2.45, 2.75) is 45.7 Å². The zero-order valence-corrected chi connectivity index (χ0v) is 18.8. The molecule has 2 aromatic rings. The number of carboxylic acids is 1. The maximum absolute atomic E-state index is 12.7. The van der Waals surface area contributed by atoms with Crippen molar-refractivity contribution in [1.29, 1.82) is 0 Å². The summed E-state index contributed by atoms with van der Waals surface area (Å²) in [4.78, 5) is 36.4. The number of nitrogens with one attached hydrogen (secondary N) is 2. The van der Waals surface area contributed by atoms with Gasteiger partial charge in [-0.15, -0.1) is 0 Å². The van der Waals surface area contributed by atoms with Crippen LogP contribution in [0.4, 0.5) is 4.79 Å². The highest BCUT2D eigenvalue weighted by atomic mass is 16.5. The minimum atomic E-state index is -0.997. The maximum Gasteiger partial charge on any atom is 0.407 e. The molecule has 0 heterocycles. The first-order valence-electron chi connectivity index (χ1n) is 10.8. The molecule has 170 valence electrons. The van der Waals surface area contributed by atoms with Crippen molar-refractivity contribution >= 4 is 18.0 Å². The van der Waals surface area contributed by atoms with Gasteiger partial charge in [-0.3, -0.25) is 9.59 Å². The van der Waals surface area contributed by atoms with Crippen molar-refractivity contribution in [2.75, 3.05) is 6.61 Å². The van der Waals surface area contributed by atoms with Crippen LogP contribution in [0.1, 0.15) is 44.7 Å². The number of amides is 2. The molecule has 1 aliphatic carbocycles. The number of alkyl carbamates (subject to hydrolysis) is 1. The molecule has 32 heavy (non-hydrogen) atoms. The average molecular weight is 439 g/mol. The normalized spacial score (nSPS) is 15.3. The standard InChI is InChI=1S/C25H30N2O5/c1-14(2)22(23(28)26-16(4)15(3)24(29)30)27-25(31)32-13-21-19-11-7-5-9-17(19)18-10-6-8-12-20(18)21/h5-12,14-16,21-22H,13H2,1-4H3,(H,26,28)(H,27,31)(H,29,30)/t15?,16?,22-/m0/s1. The molecule has 2 unspecified atom stereocenters. The van der Waals surface area contributed by atoms with Gasteiger partial charge in [0.1, 0.15) is 12.6 Å². The van der Waals surface area contributed by atoms with Gasteiger partial charge in [0.2, 0.25) is 5.91 Å². The second-order valence-electron chi connectivity index (χ2n) is 8.62. The average Bonchev–Trinajstić information content (AvgIpc) is 3.08. The van der Waals surface area contributed by atoms with E-state index in [0.717, 1.165) is 22.3 Å². The fourth-order valence-electron chi connectivity index (χ4n) is 3.96. The third kappa shape index (κ3) is 4.93. The highest BCUT2D eigenvalue weighted by Crippen LogP contribution is 2.44. The second-order valence-corrected chi connectivity index (χ2v) is 8.62. The van der Waals surface area contributed by atoms with E-state index in [-0.39, 0.29) is 18.4 Å². The predicted octanol–water partition coefficient (Wildman–Crippen LogP) is 3.78. The quantitative estimate of drug-likeness (QED) is 0.582. The van der Waals surface area contributed by atoms with Crippen LogP contribution in [0.2, 0.25) is 0 Å². The van der Waals surface area contributed by atoms with Crippen molar-refractivity contribution in [3.63, 3.8) is 0 Å². The van der Waals surface area contributed by atoms with Crippen LogP contribution in [0.25, 0.3) is 11.1 Å². The lowest BCUT2D eigenvalue weighted by Gasteiger charge is -2.25. The number of rotatable bonds is 8. The fourth-order valence-corrected chi connectivity index (χ4v) is 3.96. The summed E-state index contributed by atoms with van der Waals surface area (Å²) >= 11 is 0. The highest BCUT2D eigenvalue weighted by Gasteiger charge is 2.31. The number of carbonyl (C=O) groups is 3. The number of hydrogen-bond donors (Lipinski definition) is 3. The zero-order valence-electron chi connectivity index (χ0n) is 18.8. The molecule has 3 N–H and O–H groups in total. The molecule has 3 rings (SSSR count). The topological polar surface area (TPSA) is 105 Å². The Labute approximate surface area is 188 Å². The predicted molar refractivity (Wildman–Crippen MR) is 121 cm³/mol. The molecular formula is C25H30N2O5. The lowest BCUT2D eigenvalue weighted by atomic mass is 9.98. The Bertz CT molecular complexity index is 958. The van der Waals surface area contributed by atoms with E-state index in [1.165, 1.54) is 6.92 Å². The molecule has 0 fully saturated rings. The maximum atomic E-state index is 12.7. The van der Waals surface area contributed by atoms with Crippen molar-refractivity contribution < 1.29 is 24.2 Å². The van der Waals surface area contributed by atoms with E-state index in [9.17, 15) is 14.4 Å². The minimum absolute atomic E-state index is 0.0732. The second kappa shape index (κ2) is 9.85. The number of fused-ring (bicyclic) bond motifs is 3. The van der Waals surface area contributed by atoms with Crippen molar-refractivity contribution in [3.8, 4) is 11.1 Å². The first kappa shape index (κ1) is 23.3. The van der Waals surface area contributed by atoms with E-state index in [0.29, 0.717) is 0 Å². The van der Waals surface area contributed by atoms with Crippen molar-refractivity contribution in [2.24, 2.45) is 11.8 Å². The SMILES string of the molecule is CC(NC(=O)[C@@H](NC(=O)OCC1c2ccccc2-c2ccccc21)C(C)C)C(C)C(=O)O. The molecule has 2 amide bonds.